The van der Waals surface area contributed by atoms with Crippen molar-refractivity contribution in [3.05, 3.63) is 52.3 Å². The van der Waals surface area contributed by atoms with Crippen LogP contribution < -0.4 is 10.5 Å². The number of hydrogen-bond acceptors (Lipinski definition) is 5. The second-order valence-electron chi connectivity index (χ2n) is 7.19. The van der Waals surface area contributed by atoms with E-state index in [1.807, 2.05) is 23.8 Å². The monoisotopic (exact) mass is 336 g/mol. The SMILES string of the molecule is Cc1ccc(=O)n(CC2CN(c3nccn4nc(C5CC5)cc34)C2)n1. The van der Waals surface area contributed by atoms with Crippen LogP contribution in [-0.4, -0.2) is 37.5 Å². The molecule has 2 aliphatic rings. The minimum absolute atomic E-state index is 0.0332. The first kappa shape index (κ1) is 14.6. The highest BCUT2D eigenvalue weighted by atomic mass is 16.1. The quantitative estimate of drug-likeness (QED) is 0.724. The van der Waals surface area contributed by atoms with E-state index in [9.17, 15) is 4.79 Å². The standard InChI is InChI=1S/C18H20N6O/c1-12-2-5-17(25)24(20-12)11-13-9-22(10-13)18-16-8-15(14-3-4-14)21-23(16)7-6-19-18/h2,5-8,13-14H,3-4,9-11H2,1H3. The molecule has 0 unspecified atom stereocenters. The maximum absolute atomic E-state index is 11.9. The summed E-state index contributed by atoms with van der Waals surface area (Å²) < 4.78 is 3.52. The number of hydrogen-bond donors (Lipinski definition) is 0. The third-order valence-corrected chi connectivity index (χ3v) is 5.07. The maximum Gasteiger partial charge on any atom is 0.266 e. The zero-order chi connectivity index (χ0) is 17.0. The van der Waals surface area contributed by atoms with Crippen LogP contribution in [-0.2, 0) is 6.54 Å². The number of rotatable bonds is 4. The van der Waals surface area contributed by atoms with Gasteiger partial charge >= 0.3 is 0 Å². The van der Waals surface area contributed by atoms with Gasteiger partial charge in [0.25, 0.3) is 5.56 Å². The van der Waals surface area contributed by atoms with Gasteiger partial charge in [0, 0.05) is 43.4 Å². The van der Waals surface area contributed by atoms with E-state index in [4.69, 9.17) is 0 Å². The first-order valence-corrected chi connectivity index (χ1v) is 8.81. The summed E-state index contributed by atoms with van der Waals surface area (Å²) in [4.78, 5) is 18.7. The Labute approximate surface area is 144 Å². The van der Waals surface area contributed by atoms with E-state index in [2.05, 4.69) is 26.1 Å². The third-order valence-electron chi connectivity index (χ3n) is 5.07. The Morgan fingerprint density at radius 2 is 2.04 bits per heavy atom. The van der Waals surface area contributed by atoms with Gasteiger partial charge in [-0.15, -0.1) is 0 Å². The van der Waals surface area contributed by atoms with Crippen molar-refractivity contribution >= 4 is 11.3 Å². The van der Waals surface area contributed by atoms with Crippen molar-refractivity contribution in [2.75, 3.05) is 18.0 Å². The molecule has 1 aliphatic carbocycles. The first-order chi connectivity index (χ1) is 12.2. The minimum Gasteiger partial charge on any atom is -0.354 e. The van der Waals surface area contributed by atoms with Crippen LogP contribution in [0.15, 0.2) is 35.4 Å². The lowest BCUT2D eigenvalue weighted by Crippen LogP contribution is -2.50. The van der Waals surface area contributed by atoms with Gasteiger partial charge in [-0.05, 0) is 31.9 Å². The van der Waals surface area contributed by atoms with Gasteiger partial charge in [0.1, 0.15) is 5.52 Å². The normalized spacial score (nSPS) is 17.9. The predicted octanol–water partition coefficient (Wildman–Crippen LogP) is 1.61. The van der Waals surface area contributed by atoms with Crippen molar-refractivity contribution in [3.8, 4) is 0 Å². The van der Waals surface area contributed by atoms with E-state index >= 15 is 0 Å². The lowest BCUT2D eigenvalue weighted by molar-refractivity contribution is 0.332. The summed E-state index contributed by atoms with van der Waals surface area (Å²) in [5, 5.41) is 9.01. The van der Waals surface area contributed by atoms with Crippen LogP contribution in [0.2, 0.25) is 0 Å². The topological polar surface area (TPSA) is 68.3 Å². The summed E-state index contributed by atoms with van der Waals surface area (Å²) in [6.07, 6.45) is 6.22. The predicted molar refractivity (Wildman–Crippen MR) is 93.9 cm³/mol. The molecule has 0 bridgehead atoms. The molecule has 2 fully saturated rings. The molecule has 0 amide bonds. The fourth-order valence-electron chi connectivity index (χ4n) is 3.53. The third kappa shape index (κ3) is 2.59. The molecule has 1 saturated heterocycles. The number of fused-ring (bicyclic) bond motifs is 1. The molecule has 5 rings (SSSR count). The minimum atomic E-state index is -0.0332. The van der Waals surface area contributed by atoms with Crippen molar-refractivity contribution < 1.29 is 0 Å². The molecule has 0 spiro atoms. The van der Waals surface area contributed by atoms with Gasteiger partial charge in [-0.3, -0.25) is 4.79 Å². The molecule has 3 aromatic rings. The van der Waals surface area contributed by atoms with Crippen LogP contribution >= 0.6 is 0 Å². The number of aromatic nitrogens is 5. The summed E-state index contributed by atoms with van der Waals surface area (Å²) in [7, 11) is 0. The number of aryl methyl sites for hydroxylation is 1. The molecule has 128 valence electrons. The highest BCUT2D eigenvalue weighted by Crippen LogP contribution is 2.40. The number of nitrogens with zero attached hydrogens (tertiary/aromatic N) is 6. The molecule has 4 heterocycles. The van der Waals surface area contributed by atoms with Crippen LogP contribution in [0.1, 0.15) is 30.1 Å². The maximum atomic E-state index is 11.9. The Balaban J connectivity index is 1.34. The lowest BCUT2D eigenvalue weighted by atomic mass is 10.00. The largest absolute Gasteiger partial charge is 0.354 e. The summed E-state index contributed by atoms with van der Waals surface area (Å²) >= 11 is 0. The Hall–Kier alpha value is -2.70. The van der Waals surface area contributed by atoms with Crippen molar-refractivity contribution in [2.24, 2.45) is 5.92 Å². The zero-order valence-electron chi connectivity index (χ0n) is 14.2. The van der Waals surface area contributed by atoms with Gasteiger partial charge < -0.3 is 4.90 Å². The van der Waals surface area contributed by atoms with Gasteiger partial charge in [0.2, 0.25) is 0 Å². The van der Waals surface area contributed by atoms with Gasteiger partial charge in [-0.1, -0.05) is 0 Å². The van der Waals surface area contributed by atoms with Gasteiger partial charge in [0.15, 0.2) is 5.82 Å². The van der Waals surface area contributed by atoms with Crippen molar-refractivity contribution in [1.82, 2.24) is 24.4 Å². The van der Waals surface area contributed by atoms with Crippen LogP contribution in [0.25, 0.3) is 5.52 Å². The highest BCUT2D eigenvalue weighted by Gasteiger charge is 2.31. The molecule has 0 atom stereocenters. The summed E-state index contributed by atoms with van der Waals surface area (Å²) in [5.74, 6) is 2.04. The average molecular weight is 336 g/mol. The molecule has 7 heteroatoms. The molecule has 7 nitrogen and oxygen atoms in total. The van der Waals surface area contributed by atoms with Crippen LogP contribution in [0.5, 0.6) is 0 Å². The Morgan fingerprint density at radius 3 is 2.84 bits per heavy atom. The molecular formula is C18H20N6O. The van der Waals surface area contributed by atoms with Crippen molar-refractivity contribution in [3.63, 3.8) is 0 Å². The molecule has 0 N–H and O–H groups in total. The van der Waals surface area contributed by atoms with Crippen molar-refractivity contribution in [1.29, 1.82) is 0 Å². The van der Waals surface area contributed by atoms with E-state index in [1.54, 1.807) is 16.8 Å². The van der Waals surface area contributed by atoms with E-state index in [0.717, 1.165) is 30.1 Å². The molecule has 0 aromatic carbocycles. The highest BCUT2D eigenvalue weighted by molar-refractivity contribution is 5.70. The van der Waals surface area contributed by atoms with Crippen LogP contribution in [0, 0.1) is 12.8 Å². The number of anilines is 1. The molecule has 3 aromatic heterocycles. The molecule has 0 radical (unpaired) electrons. The van der Waals surface area contributed by atoms with Crippen LogP contribution in [0.3, 0.4) is 0 Å². The average Bonchev–Trinajstić information content (AvgIpc) is 3.32. The Bertz CT molecular complexity index is 996. The molecule has 25 heavy (non-hydrogen) atoms. The van der Waals surface area contributed by atoms with Gasteiger partial charge in [-0.2, -0.15) is 10.2 Å². The second kappa shape index (κ2) is 5.40. The van der Waals surface area contributed by atoms with E-state index in [1.165, 1.54) is 18.5 Å². The molecular weight excluding hydrogens is 316 g/mol. The second-order valence-corrected chi connectivity index (χ2v) is 7.19. The lowest BCUT2D eigenvalue weighted by Gasteiger charge is -2.40. The summed E-state index contributed by atoms with van der Waals surface area (Å²) in [6.45, 7) is 4.34. The summed E-state index contributed by atoms with van der Waals surface area (Å²) in [5.41, 5.74) is 3.10. The zero-order valence-corrected chi connectivity index (χ0v) is 14.2. The Morgan fingerprint density at radius 1 is 1.20 bits per heavy atom. The fraction of sp³-hybridized carbons (Fsp3) is 0.444. The first-order valence-electron chi connectivity index (χ1n) is 8.81. The van der Waals surface area contributed by atoms with Crippen molar-refractivity contribution in [2.45, 2.75) is 32.2 Å². The molecule has 1 saturated carbocycles. The van der Waals surface area contributed by atoms with Crippen LogP contribution in [0.4, 0.5) is 5.82 Å². The van der Waals surface area contributed by atoms with E-state index in [-0.39, 0.29) is 5.56 Å². The van der Waals surface area contributed by atoms with Gasteiger partial charge in [-0.25, -0.2) is 14.2 Å². The smallest absolute Gasteiger partial charge is 0.266 e. The van der Waals surface area contributed by atoms with Gasteiger partial charge in [0.05, 0.1) is 17.9 Å². The fourth-order valence-corrected chi connectivity index (χ4v) is 3.53. The van der Waals surface area contributed by atoms with E-state index in [0.29, 0.717) is 18.4 Å². The molecule has 1 aliphatic heterocycles. The van der Waals surface area contributed by atoms with E-state index < -0.39 is 0 Å². The Kier molecular flexibility index (Phi) is 3.16. The summed E-state index contributed by atoms with van der Waals surface area (Å²) in [6, 6.07) is 5.53.